The van der Waals surface area contributed by atoms with Gasteiger partial charge in [-0.3, -0.25) is 14.4 Å². The van der Waals surface area contributed by atoms with E-state index in [4.69, 9.17) is 20.8 Å². The average molecular weight is 557 g/mol. The third kappa shape index (κ3) is 10.3. The van der Waals surface area contributed by atoms with Crippen LogP contribution in [0.1, 0.15) is 38.0 Å². The Balaban J connectivity index is 1.47. The molecule has 3 aromatic rings. The number of hydrogen-bond acceptors (Lipinski definition) is 6. The van der Waals surface area contributed by atoms with E-state index in [1.165, 1.54) is 18.0 Å². The van der Waals surface area contributed by atoms with Gasteiger partial charge < -0.3 is 19.8 Å². The molecule has 1 heterocycles. The van der Waals surface area contributed by atoms with Crippen molar-refractivity contribution in [2.24, 2.45) is 5.92 Å². The summed E-state index contributed by atoms with van der Waals surface area (Å²) in [4.78, 5) is 37.8. The molecule has 0 radical (unpaired) electrons. The molecule has 1 aromatic heterocycles. The quantitative estimate of drug-likeness (QED) is 0.241. The van der Waals surface area contributed by atoms with Gasteiger partial charge in [0.15, 0.2) is 6.61 Å². The number of benzene rings is 2. The lowest BCUT2D eigenvalue weighted by atomic mass is 10.0. The minimum absolute atomic E-state index is 0.163. The first kappa shape index (κ1) is 29.3. The molecule has 0 aliphatic carbocycles. The summed E-state index contributed by atoms with van der Waals surface area (Å²) in [5.74, 6) is 1.47. The number of halogens is 1. The number of rotatable bonds is 15. The van der Waals surface area contributed by atoms with Crippen molar-refractivity contribution in [3.05, 3.63) is 83.3 Å². The number of hydrogen-bond donors (Lipinski definition) is 2. The Morgan fingerprint density at radius 3 is 2.47 bits per heavy atom. The van der Waals surface area contributed by atoms with Gasteiger partial charge in [0.05, 0.1) is 23.5 Å². The normalized spacial score (nSPS) is 11.7. The first-order valence-corrected chi connectivity index (χ1v) is 14.0. The highest BCUT2D eigenvalue weighted by Gasteiger charge is 2.23. The summed E-state index contributed by atoms with van der Waals surface area (Å²) in [6.45, 7) is 3.73. The number of ether oxygens (including phenoxy) is 1. The number of anilines is 1. The van der Waals surface area contributed by atoms with Gasteiger partial charge in [-0.2, -0.15) is 0 Å². The van der Waals surface area contributed by atoms with Crippen LogP contribution >= 0.6 is 23.4 Å². The van der Waals surface area contributed by atoms with E-state index < -0.39 is 11.9 Å². The van der Waals surface area contributed by atoms with Gasteiger partial charge in [-0.1, -0.05) is 55.8 Å². The number of amides is 2. The Morgan fingerprint density at radius 2 is 1.76 bits per heavy atom. The van der Waals surface area contributed by atoms with Crippen molar-refractivity contribution in [1.82, 2.24) is 5.32 Å². The number of carbonyl (C=O) groups excluding carboxylic acids is 3. The van der Waals surface area contributed by atoms with Gasteiger partial charge in [-0.25, -0.2) is 0 Å². The van der Waals surface area contributed by atoms with Crippen LogP contribution in [0.3, 0.4) is 0 Å². The largest absolute Gasteiger partial charge is 0.484 e. The molecule has 3 rings (SSSR count). The lowest BCUT2D eigenvalue weighted by Crippen LogP contribution is -2.46. The zero-order valence-electron chi connectivity index (χ0n) is 21.6. The van der Waals surface area contributed by atoms with Gasteiger partial charge in [0.1, 0.15) is 23.3 Å². The number of ketones is 1. The molecule has 0 saturated heterocycles. The molecular formula is C29H33ClN2O5S. The Hall–Kier alpha value is -3.23. The van der Waals surface area contributed by atoms with Gasteiger partial charge >= 0.3 is 0 Å². The van der Waals surface area contributed by atoms with E-state index >= 15 is 0 Å². The van der Waals surface area contributed by atoms with E-state index in [1.54, 1.807) is 30.3 Å². The van der Waals surface area contributed by atoms with Crippen molar-refractivity contribution in [2.45, 2.75) is 44.9 Å². The Morgan fingerprint density at radius 1 is 1.03 bits per heavy atom. The number of furan rings is 1. The Bertz CT molecular complexity index is 1180. The van der Waals surface area contributed by atoms with E-state index in [0.29, 0.717) is 46.6 Å². The highest BCUT2D eigenvalue weighted by molar-refractivity contribution is 7.99. The maximum Gasteiger partial charge on any atom is 0.258 e. The van der Waals surface area contributed by atoms with Crippen LogP contribution in [0.15, 0.2) is 71.3 Å². The van der Waals surface area contributed by atoms with Gasteiger partial charge in [0, 0.05) is 17.5 Å². The molecule has 0 spiro atoms. The van der Waals surface area contributed by atoms with Crippen LogP contribution in [0.4, 0.5) is 5.69 Å². The fourth-order valence-corrected chi connectivity index (χ4v) is 4.67. The molecule has 2 amide bonds. The Kier molecular flexibility index (Phi) is 11.8. The van der Waals surface area contributed by atoms with E-state index in [2.05, 4.69) is 10.6 Å². The van der Waals surface area contributed by atoms with Gasteiger partial charge in [-0.15, -0.1) is 11.8 Å². The predicted molar refractivity (Wildman–Crippen MR) is 152 cm³/mol. The van der Waals surface area contributed by atoms with Crippen molar-refractivity contribution < 1.29 is 23.5 Å². The zero-order valence-corrected chi connectivity index (χ0v) is 23.1. The van der Waals surface area contributed by atoms with Crippen LogP contribution in [-0.2, 0) is 26.6 Å². The second-order valence-corrected chi connectivity index (χ2v) is 10.7. The van der Waals surface area contributed by atoms with Crippen LogP contribution in [0.2, 0.25) is 5.02 Å². The molecule has 2 aromatic carbocycles. The maximum absolute atomic E-state index is 13.1. The standard InChI is InChI=1S/C29H33ClN2O5S/c1-20(2)16-26(31-28(34)17-37-24-12-9-22(30)10-13-24)29(35)32-25-14-15-36-27(25)19-38-18-23(33)11-8-21-6-4-3-5-7-21/h3-7,9-10,12-15,20,26H,8,11,16-19H2,1-2H3,(H,31,34)(H,32,35)/t26-/m0/s1. The first-order valence-electron chi connectivity index (χ1n) is 12.5. The molecule has 0 aliphatic rings. The molecule has 2 N–H and O–H groups in total. The number of Topliss-reactive ketones (excluding diaryl/α,β-unsaturated/α-hetero) is 1. The average Bonchev–Trinajstić information content (AvgIpc) is 3.33. The third-order valence-corrected chi connectivity index (χ3v) is 6.82. The molecule has 0 bridgehead atoms. The monoisotopic (exact) mass is 556 g/mol. The van der Waals surface area contributed by atoms with Crippen LogP contribution in [0.5, 0.6) is 5.75 Å². The number of aryl methyl sites for hydroxylation is 1. The lowest BCUT2D eigenvalue weighted by Gasteiger charge is -2.20. The highest BCUT2D eigenvalue weighted by Crippen LogP contribution is 2.23. The number of thioether (sulfide) groups is 1. The fourth-order valence-electron chi connectivity index (χ4n) is 3.66. The van der Waals surface area contributed by atoms with E-state index in [1.807, 2.05) is 44.2 Å². The molecule has 1 atom stereocenters. The van der Waals surface area contributed by atoms with Crippen LogP contribution in [0.25, 0.3) is 0 Å². The van der Waals surface area contributed by atoms with Gasteiger partial charge in [-0.05, 0) is 48.6 Å². The lowest BCUT2D eigenvalue weighted by molar-refractivity contribution is -0.128. The third-order valence-electron chi connectivity index (χ3n) is 5.58. The topological polar surface area (TPSA) is 97.6 Å². The maximum atomic E-state index is 13.1. The Labute approximate surface area is 232 Å². The summed E-state index contributed by atoms with van der Waals surface area (Å²) in [5.41, 5.74) is 1.67. The SMILES string of the molecule is CC(C)C[C@H](NC(=O)COc1ccc(Cl)cc1)C(=O)Nc1ccoc1CSCC(=O)CCc1ccccc1. The summed E-state index contributed by atoms with van der Waals surface area (Å²) in [5, 5.41) is 6.20. The minimum Gasteiger partial charge on any atom is -0.484 e. The zero-order chi connectivity index (χ0) is 27.3. The van der Waals surface area contributed by atoms with Crippen LogP contribution < -0.4 is 15.4 Å². The fraction of sp³-hybridized carbons (Fsp3) is 0.345. The van der Waals surface area contributed by atoms with Crippen molar-refractivity contribution in [3.63, 3.8) is 0 Å². The molecule has 7 nitrogen and oxygen atoms in total. The van der Waals surface area contributed by atoms with Gasteiger partial charge in [0.25, 0.3) is 5.91 Å². The van der Waals surface area contributed by atoms with Gasteiger partial charge in [0.2, 0.25) is 5.91 Å². The van der Waals surface area contributed by atoms with Crippen molar-refractivity contribution in [2.75, 3.05) is 17.7 Å². The van der Waals surface area contributed by atoms with Crippen molar-refractivity contribution >= 4 is 46.6 Å². The smallest absolute Gasteiger partial charge is 0.258 e. The number of carbonyl (C=O) groups is 3. The second-order valence-electron chi connectivity index (χ2n) is 9.26. The molecule has 0 fully saturated rings. The molecule has 202 valence electrons. The molecule has 38 heavy (non-hydrogen) atoms. The van der Waals surface area contributed by atoms with Crippen molar-refractivity contribution in [1.29, 1.82) is 0 Å². The summed E-state index contributed by atoms with van der Waals surface area (Å²) in [6.07, 6.45) is 3.15. The van der Waals surface area contributed by atoms with E-state index in [9.17, 15) is 14.4 Å². The van der Waals surface area contributed by atoms with E-state index in [-0.39, 0.29) is 24.2 Å². The molecule has 0 aliphatic heterocycles. The molecule has 0 saturated carbocycles. The number of nitrogens with one attached hydrogen (secondary N) is 2. The second kappa shape index (κ2) is 15.2. The minimum atomic E-state index is -0.744. The highest BCUT2D eigenvalue weighted by atomic mass is 35.5. The molecular weight excluding hydrogens is 524 g/mol. The van der Waals surface area contributed by atoms with Crippen molar-refractivity contribution in [3.8, 4) is 5.75 Å². The summed E-state index contributed by atoms with van der Waals surface area (Å²) < 4.78 is 11.0. The molecule has 9 heteroatoms. The molecule has 0 unspecified atom stereocenters. The summed E-state index contributed by atoms with van der Waals surface area (Å²) >= 11 is 7.31. The summed E-state index contributed by atoms with van der Waals surface area (Å²) in [7, 11) is 0. The van der Waals surface area contributed by atoms with Crippen LogP contribution in [-0.4, -0.2) is 36.0 Å². The predicted octanol–water partition coefficient (Wildman–Crippen LogP) is 5.92. The summed E-state index contributed by atoms with van der Waals surface area (Å²) in [6, 6.07) is 17.5. The first-order chi connectivity index (χ1) is 18.3. The van der Waals surface area contributed by atoms with Crippen LogP contribution in [0, 0.1) is 5.92 Å². The van der Waals surface area contributed by atoms with E-state index in [0.717, 1.165) is 12.0 Å².